The molecule has 2 aromatic carbocycles. The first-order valence-corrected chi connectivity index (χ1v) is 14.0. The van der Waals surface area contributed by atoms with Gasteiger partial charge in [0.1, 0.15) is 0 Å². The van der Waals surface area contributed by atoms with E-state index in [1.807, 2.05) is 12.1 Å². The van der Waals surface area contributed by atoms with Gasteiger partial charge in [0.15, 0.2) is 0 Å². The van der Waals surface area contributed by atoms with Crippen LogP contribution in [0.15, 0.2) is 53.6 Å². The first-order chi connectivity index (χ1) is 15.9. The van der Waals surface area contributed by atoms with Crippen molar-refractivity contribution in [1.82, 2.24) is 4.98 Å². The maximum Gasteiger partial charge on any atom is 0.262 e. The molecule has 33 heavy (non-hydrogen) atoms. The van der Waals surface area contributed by atoms with Crippen molar-refractivity contribution >= 4 is 49.8 Å². The Morgan fingerprint density at radius 1 is 0.848 bits per heavy atom. The molecule has 7 heteroatoms. The second-order valence-electron chi connectivity index (χ2n) is 8.41. The van der Waals surface area contributed by atoms with Crippen molar-refractivity contribution in [3.63, 3.8) is 0 Å². The molecule has 0 unspecified atom stereocenters. The SMILES string of the molecule is CCCCCCCCCCCc1ccccc1S(=O)(=O)Nc1c(Cl)cc(Cl)c2cccnc12. The molecule has 1 N–H and O–H groups in total. The number of rotatable bonds is 13. The van der Waals surface area contributed by atoms with E-state index in [0.717, 1.165) is 24.8 Å². The summed E-state index contributed by atoms with van der Waals surface area (Å²) in [6.45, 7) is 2.23. The van der Waals surface area contributed by atoms with E-state index >= 15 is 0 Å². The molecule has 0 aliphatic carbocycles. The second kappa shape index (κ2) is 12.6. The Balaban J connectivity index is 1.67. The van der Waals surface area contributed by atoms with Crippen molar-refractivity contribution in [1.29, 1.82) is 0 Å². The largest absolute Gasteiger partial charge is 0.276 e. The van der Waals surface area contributed by atoms with E-state index in [9.17, 15) is 8.42 Å². The highest BCUT2D eigenvalue weighted by Crippen LogP contribution is 2.36. The fourth-order valence-corrected chi connectivity index (χ4v) is 6.03. The monoisotopic (exact) mass is 506 g/mol. The molecule has 0 bridgehead atoms. The summed E-state index contributed by atoms with van der Waals surface area (Å²) in [7, 11) is -3.85. The fraction of sp³-hybridized carbons (Fsp3) is 0.423. The Bertz CT molecular complexity index is 1170. The molecular formula is C26H32Cl2N2O2S. The lowest BCUT2D eigenvalue weighted by Gasteiger charge is -2.15. The number of hydrogen-bond donors (Lipinski definition) is 1. The average molecular weight is 508 g/mol. The second-order valence-corrected chi connectivity index (χ2v) is 10.9. The van der Waals surface area contributed by atoms with Gasteiger partial charge in [-0.2, -0.15) is 0 Å². The van der Waals surface area contributed by atoms with E-state index < -0.39 is 10.0 Å². The zero-order valence-electron chi connectivity index (χ0n) is 19.1. The number of fused-ring (bicyclic) bond motifs is 1. The molecule has 0 radical (unpaired) electrons. The van der Waals surface area contributed by atoms with Crippen LogP contribution < -0.4 is 4.72 Å². The third kappa shape index (κ3) is 7.08. The molecule has 0 saturated heterocycles. The van der Waals surface area contributed by atoms with Crippen molar-refractivity contribution in [2.45, 2.75) is 76.0 Å². The number of aryl methyl sites for hydroxylation is 1. The van der Waals surface area contributed by atoms with Crippen LogP contribution in [0, 0.1) is 0 Å². The van der Waals surface area contributed by atoms with Crippen LogP contribution in [0.4, 0.5) is 5.69 Å². The number of aromatic nitrogens is 1. The van der Waals surface area contributed by atoms with Crippen molar-refractivity contribution in [2.24, 2.45) is 0 Å². The fourth-order valence-electron chi connectivity index (χ4n) is 4.06. The number of benzene rings is 2. The molecule has 1 aromatic heterocycles. The van der Waals surface area contributed by atoms with E-state index in [2.05, 4.69) is 16.6 Å². The number of nitrogens with zero attached hydrogens (tertiary/aromatic N) is 1. The van der Waals surface area contributed by atoms with Crippen molar-refractivity contribution < 1.29 is 8.42 Å². The van der Waals surface area contributed by atoms with Gasteiger partial charge in [0, 0.05) is 11.6 Å². The van der Waals surface area contributed by atoms with Crippen molar-refractivity contribution in [2.75, 3.05) is 4.72 Å². The van der Waals surface area contributed by atoms with E-state index in [1.165, 1.54) is 44.9 Å². The van der Waals surface area contributed by atoms with Gasteiger partial charge in [-0.25, -0.2) is 8.42 Å². The predicted octanol–water partition coefficient (Wildman–Crippen LogP) is 8.42. The number of pyridine rings is 1. The molecule has 3 aromatic rings. The van der Waals surface area contributed by atoms with Crippen molar-refractivity contribution in [3.8, 4) is 0 Å². The standard InChI is InChI=1S/C26H32Cl2N2O2S/c1-2-3-4-5-6-7-8-9-10-14-20-15-11-12-17-24(20)33(31,32)30-26-23(28)19-22(27)21-16-13-18-29-25(21)26/h11-13,15-19,30H,2-10,14H2,1H3. The number of hydrogen-bond acceptors (Lipinski definition) is 3. The Morgan fingerprint density at radius 2 is 1.52 bits per heavy atom. The minimum Gasteiger partial charge on any atom is -0.276 e. The minimum absolute atomic E-state index is 0.214. The summed E-state index contributed by atoms with van der Waals surface area (Å²) in [5.74, 6) is 0. The number of sulfonamides is 1. The summed E-state index contributed by atoms with van der Waals surface area (Å²) in [6.07, 6.45) is 13.4. The zero-order chi connectivity index (χ0) is 23.7. The Morgan fingerprint density at radius 3 is 2.24 bits per heavy atom. The Kier molecular flexibility index (Phi) is 9.84. The van der Waals surface area contributed by atoms with Crippen LogP contribution in [0.2, 0.25) is 10.0 Å². The molecule has 0 amide bonds. The average Bonchev–Trinajstić information content (AvgIpc) is 2.81. The van der Waals surface area contributed by atoms with Crippen LogP contribution in [-0.4, -0.2) is 13.4 Å². The summed E-state index contributed by atoms with van der Waals surface area (Å²) < 4.78 is 29.3. The van der Waals surface area contributed by atoms with Gasteiger partial charge < -0.3 is 0 Å². The molecule has 0 fully saturated rings. The lowest BCUT2D eigenvalue weighted by molar-refractivity contribution is 0.563. The minimum atomic E-state index is -3.85. The van der Waals surface area contributed by atoms with Gasteiger partial charge in [-0.15, -0.1) is 0 Å². The van der Waals surface area contributed by atoms with Gasteiger partial charge in [0.2, 0.25) is 0 Å². The highest BCUT2D eigenvalue weighted by atomic mass is 35.5. The maximum absolute atomic E-state index is 13.3. The van der Waals surface area contributed by atoms with Crippen LogP contribution in [-0.2, 0) is 16.4 Å². The third-order valence-electron chi connectivity index (χ3n) is 5.84. The summed E-state index contributed by atoms with van der Waals surface area (Å²) in [4.78, 5) is 4.59. The van der Waals surface area contributed by atoms with Crippen LogP contribution in [0.25, 0.3) is 10.9 Å². The van der Waals surface area contributed by atoms with Crippen LogP contribution in [0.5, 0.6) is 0 Å². The molecule has 0 saturated carbocycles. The Labute approximate surface area is 207 Å². The lowest BCUT2D eigenvalue weighted by atomic mass is 10.0. The van der Waals surface area contributed by atoms with Crippen LogP contribution in [0.3, 0.4) is 0 Å². The van der Waals surface area contributed by atoms with E-state index in [1.54, 1.807) is 36.5 Å². The smallest absolute Gasteiger partial charge is 0.262 e. The van der Waals surface area contributed by atoms with Gasteiger partial charge in [-0.05, 0) is 42.7 Å². The van der Waals surface area contributed by atoms with Gasteiger partial charge in [-0.3, -0.25) is 9.71 Å². The lowest BCUT2D eigenvalue weighted by Crippen LogP contribution is -2.16. The zero-order valence-corrected chi connectivity index (χ0v) is 21.4. The molecule has 0 aliphatic heterocycles. The number of halogens is 2. The van der Waals surface area contributed by atoms with E-state index in [-0.39, 0.29) is 15.6 Å². The molecule has 0 atom stereocenters. The number of anilines is 1. The summed E-state index contributed by atoms with van der Waals surface area (Å²) in [5, 5.41) is 1.28. The molecular weight excluding hydrogens is 475 g/mol. The van der Waals surface area contributed by atoms with Crippen molar-refractivity contribution in [3.05, 3.63) is 64.3 Å². The maximum atomic E-state index is 13.3. The van der Waals surface area contributed by atoms with E-state index in [0.29, 0.717) is 15.9 Å². The van der Waals surface area contributed by atoms with Gasteiger partial charge in [0.25, 0.3) is 10.0 Å². The predicted molar refractivity (Wildman–Crippen MR) is 140 cm³/mol. The van der Waals surface area contributed by atoms with E-state index in [4.69, 9.17) is 23.2 Å². The van der Waals surface area contributed by atoms with Gasteiger partial charge >= 0.3 is 0 Å². The molecule has 0 spiro atoms. The Hall–Kier alpha value is -1.82. The first kappa shape index (κ1) is 25.8. The summed E-state index contributed by atoms with van der Waals surface area (Å²) in [5.41, 5.74) is 1.49. The van der Waals surface area contributed by atoms with Crippen LogP contribution in [0.1, 0.15) is 70.3 Å². The third-order valence-corrected chi connectivity index (χ3v) is 7.90. The van der Waals surface area contributed by atoms with Gasteiger partial charge in [0.05, 0.1) is 26.1 Å². The summed E-state index contributed by atoms with van der Waals surface area (Å²) >= 11 is 12.6. The first-order valence-electron chi connectivity index (χ1n) is 11.8. The number of unbranched alkanes of at least 4 members (excludes halogenated alkanes) is 8. The topological polar surface area (TPSA) is 59.1 Å². The molecule has 178 valence electrons. The summed E-state index contributed by atoms with van der Waals surface area (Å²) in [6, 6.07) is 12.2. The molecule has 0 aliphatic rings. The quantitative estimate of drug-likeness (QED) is 0.236. The highest BCUT2D eigenvalue weighted by molar-refractivity contribution is 7.92. The number of nitrogens with one attached hydrogen (secondary N) is 1. The normalized spacial score (nSPS) is 11.7. The van der Waals surface area contributed by atoms with Gasteiger partial charge in [-0.1, -0.05) is 99.7 Å². The highest BCUT2D eigenvalue weighted by Gasteiger charge is 2.22. The molecule has 4 nitrogen and oxygen atoms in total. The van der Waals surface area contributed by atoms with Crippen LogP contribution >= 0.6 is 23.2 Å². The molecule has 3 rings (SSSR count). The molecule has 1 heterocycles.